The number of aromatic nitrogens is 2. The van der Waals surface area contributed by atoms with Gasteiger partial charge in [0.05, 0.1) is 11.9 Å². The Morgan fingerprint density at radius 3 is 3.00 bits per heavy atom. The Bertz CT molecular complexity index is 571. The highest BCUT2D eigenvalue weighted by Gasteiger charge is 2.22. The first-order valence-corrected chi connectivity index (χ1v) is 6.77. The molecule has 2 aromatic rings. The zero-order valence-electron chi connectivity index (χ0n) is 11.1. The Balaban J connectivity index is 2.02. The largest absolute Gasteiger partial charge is 0.309 e. The molecule has 1 aromatic heterocycles. The lowest BCUT2D eigenvalue weighted by molar-refractivity contribution is 0.394. The van der Waals surface area contributed by atoms with E-state index in [0.29, 0.717) is 6.04 Å². The van der Waals surface area contributed by atoms with Crippen molar-refractivity contribution in [2.45, 2.75) is 25.3 Å². The molecule has 0 bridgehead atoms. The summed E-state index contributed by atoms with van der Waals surface area (Å²) in [6.07, 6.45) is 5.40. The predicted molar refractivity (Wildman–Crippen MR) is 73.2 cm³/mol. The van der Waals surface area contributed by atoms with Crippen molar-refractivity contribution >= 4 is 0 Å². The molecule has 3 rings (SSSR count). The summed E-state index contributed by atoms with van der Waals surface area (Å²) in [4.78, 5) is 0. The molecular weight excluding hydrogens is 241 g/mol. The van der Waals surface area contributed by atoms with E-state index < -0.39 is 0 Å². The van der Waals surface area contributed by atoms with Crippen LogP contribution in [0.4, 0.5) is 4.39 Å². The summed E-state index contributed by atoms with van der Waals surface area (Å²) < 4.78 is 15.3. The third-order valence-electron chi connectivity index (χ3n) is 3.76. The fourth-order valence-electron chi connectivity index (χ4n) is 2.82. The van der Waals surface area contributed by atoms with Gasteiger partial charge in [-0.1, -0.05) is 18.6 Å². The van der Waals surface area contributed by atoms with E-state index in [2.05, 4.69) is 10.4 Å². The van der Waals surface area contributed by atoms with Crippen LogP contribution in [-0.4, -0.2) is 16.3 Å². The molecule has 0 saturated carbocycles. The van der Waals surface area contributed by atoms with Crippen LogP contribution < -0.4 is 5.32 Å². The van der Waals surface area contributed by atoms with Crippen LogP contribution in [0.5, 0.6) is 0 Å². The minimum Gasteiger partial charge on any atom is -0.309 e. The van der Waals surface area contributed by atoms with Gasteiger partial charge in [-0.05, 0) is 37.1 Å². The van der Waals surface area contributed by atoms with Crippen molar-refractivity contribution in [1.29, 1.82) is 0 Å². The van der Waals surface area contributed by atoms with Crippen molar-refractivity contribution < 1.29 is 4.39 Å². The van der Waals surface area contributed by atoms with E-state index in [4.69, 9.17) is 0 Å². The lowest BCUT2D eigenvalue weighted by Crippen LogP contribution is -2.28. The molecule has 1 atom stereocenters. The molecule has 0 amide bonds. The normalized spacial score (nSPS) is 19.6. The summed E-state index contributed by atoms with van der Waals surface area (Å²) in [7, 11) is 1.95. The molecule has 19 heavy (non-hydrogen) atoms. The van der Waals surface area contributed by atoms with E-state index in [1.807, 2.05) is 24.0 Å². The topological polar surface area (TPSA) is 29.9 Å². The van der Waals surface area contributed by atoms with Gasteiger partial charge in [0.2, 0.25) is 0 Å². The van der Waals surface area contributed by atoms with E-state index >= 15 is 0 Å². The molecule has 0 spiro atoms. The standard InChI is InChI=1S/C15H18FN3/c1-19-15(14-7-2-3-8-17-14)13(10-18-19)11-5-4-6-12(16)9-11/h4-6,9-10,14,17H,2-3,7-8H2,1H3. The molecule has 2 heterocycles. The van der Waals surface area contributed by atoms with E-state index in [1.165, 1.54) is 18.9 Å². The maximum absolute atomic E-state index is 13.4. The van der Waals surface area contributed by atoms with Crippen LogP contribution in [0.2, 0.25) is 0 Å². The van der Waals surface area contributed by atoms with Gasteiger partial charge >= 0.3 is 0 Å². The van der Waals surface area contributed by atoms with Gasteiger partial charge in [-0.25, -0.2) is 4.39 Å². The van der Waals surface area contributed by atoms with Crippen LogP contribution >= 0.6 is 0 Å². The molecule has 1 aliphatic rings. The number of benzene rings is 1. The highest BCUT2D eigenvalue weighted by molar-refractivity contribution is 5.66. The Morgan fingerprint density at radius 2 is 2.26 bits per heavy atom. The van der Waals surface area contributed by atoms with Crippen LogP contribution in [-0.2, 0) is 7.05 Å². The maximum atomic E-state index is 13.4. The summed E-state index contributed by atoms with van der Waals surface area (Å²) in [5, 5.41) is 7.88. The highest BCUT2D eigenvalue weighted by Crippen LogP contribution is 2.32. The van der Waals surface area contributed by atoms with Gasteiger partial charge in [0.1, 0.15) is 5.82 Å². The van der Waals surface area contributed by atoms with Crippen LogP contribution in [0.15, 0.2) is 30.5 Å². The Morgan fingerprint density at radius 1 is 1.37 bits per heavy atom. The first kappa shape index (κ1) is 12.4. The maximum Gasteiger partial charge on any atom is 0.123 e. The quantitative estimate of drug-likeness (QED) is 0.898. The number of nitrogens with zero attached hydrogens (tertiary/aromatic N) is 2. The highest BCUT2D eigenvalue weighted by atomic mass is 19.1. The second kappa shape index (κ2) is 5.13. The molecule has 1 aliphatic heterocycles. The van der Waals surface area contributed by atoms with E-state index in [0.717, 1.165) is 29.8 Å². The number of hydrogen-bond acceptors (Lipinski definition) is 2. The van der Waals surface area contributed by atoms with Crippen molar-refractivity contribution in [1.82, 2.24) is 15.1 Å². The second-order valence-corrected chi connectivity index (χ2v) is 5.08. The summed E-state index contributed by atoms with van der Waals surface area (Å²) in [6, 6.07) is 7.05. The number of halogens is 1. The summed E-state index contributed by atoms with van der Waals surface area (Å²) in [5.74, 6) is -0.205. The molecule has 1 aromatic carbocycles. The molecule has 1 saturated heterocycles. The number of hydrogen-bond donors (Lipinski definition) is 1. The first-order chi connectivity index (χ1) is 9.25. The van der Waals surface area contributed by atoms with Gasteiger partial charge in [0, 0.05) is 18.7 Å². The van der Waals surface area contributed by atoms with Crippen LogP contribution in [0.25, 0.3) is 11.1 Å². The number of piperidine rings is 1. The molecular formula is C15H18FN3. The second-order valence-electron chi connectivity index (χ2n) is 5.08. The third-order valence-corrected chi connectivity index (χ3v) is 3.76. The van der Waals surface area contributed by atoms with Gasteiger partial charge in [-0.3, -0.25) is 4.68 Å². The summed E-state index contributed by atoms with van der Waals surface area (Å²) >= 11 is 0. The average Bonchev–Trinajstić information content (AvgIpc) is 2.82. The third kappa shape index (κ3) is 2.40. The Hall–Kier alpha value is -1.68. The zero-order chi connectivity index (χ0) is 13.2. The van der Waals surface area contributed by atoms with Gasteiger partial charge < -0.3 is 5.32 Å². The van der Waals surface area contributed by atoms with Crippen molar-refractivity contribution in [3.05, 3.63) is 42.0 Å². The smallest absolute Gasteiger partial charge is 0.123 e. The molecule has 100 valence electrons. The van der Waals surface area contributed by atoms with Crippen molar-refractivity contribution in [2.24, 2.45) is 7.05 Å². The molecule has 1 unspecified atom stereocenters. The van der Waals surface area contributed by atoms with Crippen LogP contribution in [0.3, 0.4) is 0 Å². The van der Waals surface area contributed by atoms with Crippen molar-refractivity contribution in [3.8, 4) is 11.1 Å². The average molecular weight is 259 g/mol. The number of nitrogens with one attached hydrogen (secondary N) is 1. The summed E-state index contributed by atoms with van der Waals surface area (Å²) in [6.45, 7) is 1.04. The molecule has 3 nitrogen and oxygen atoms in total. The van der Waals surface area contributed by atoms with E-state index in [9.17, 15) is 4.39 Å². The zero-order valence-corrected chi connectivity index (χ0v) is 11.1. The monoisotopic (exact) mass is 259 g/mol. The SMILES string of the molecule is Cn1ncc(-c2cccc(F)c2)c1C1CCCCN1. The van der Waals surface area contributed by atoms with Gasteiger partial charge in [-0.2, -0.15) is 5.10 Å². The van der Waals surface area contributed by atoms with Gasteiger partial charge in [0.25, 0.3) is 0 Å². The van der Waals surface area contributed by atoms with Crippen molar-refractivity contribution in [3.63, 3.8) is 0 Å². The minimum atomic E-state index is -0.205. The minimum absolute atomic E-state index is 0.205. The Labute approximate surface area is 112 Å². The summed E-state index contributed by atoms with van der Waals surface area (Å²) in [5.41, 5.74) is 3.09. The van der Waals surface area contributed by atoms with Crippen molar-refractivity contribution in [2.75, 3.05) is 6.54 Å². The molecule has 4 heteroatoms. The first-order valence-electron chi connectivity index (χ1n) is 6.77. The fraction of sp³-hybridized carbons (Fsp3) is 0.400. The predicted octanol–water partition coefficient (Wildman–Crippen LogP) is 3.04. The Kier molecular flexibility index (Phi) is 3.34. The lowest BCUT2D eigenvalue weighted by Gasteiger charge is -2.25. The molecule has 1 N–H and O–H groups in total. The van der Waals surface area contributed by atoms with Crippen LogP contribution in [0.1, 0.15) is 31.0 Å². The molecule has 1 fully saturated rings. The van der Waals surface area contributed by atoms with E-state index in [-0.39, 0.29) is 5.82 Å². The number of rotatable bonds is 2. The van der Waals surface area contributed by atoms with Gasteiger partial charge in [-0.15, -0.1) is 0 Å². The lowest BCUT2D eigenvalue weighted by atomic mass is 9.96. The molecule has 0 aliphatic carbocycles. The van der Waals surface area contributed by atoms with Crippen LogP contribution in [0, 0.1) is 5.82 Å². The van der Waals surface area contributed by atoms with E-state index in [1.54, 1.807) is 12.1 Å². The van der Waals surface area contributed by atoms with Gasteiger partial charge in [0.15, 0.2) is 0 Å². The fourth-order valence-corrected chi connectivity index (χ4v) is 2.82. The number of aryl methyl sites for hydroxylation is 1. The molecule has 0 radical (unpaired) electrons.